The summed E-state index contributed by atoms with van der Waals surface area (Å²) < 4.78 is 13.2. The largest absolute Gasteiger partial charge is 0.392 e. The summed E-state index contributed by atoms with van der Waals surface area (Å²) in [4.78, 5) is 28.7. The number of unbranched alkanes of at least 4 members (excludes halogenated alkanes) is 3. The van der Waals surface area contributed by atoms with Gasteiger partial charge in [-0.15, -0.1) is 0 Å². The zero-order chi connectivity index (χ0) is 32.1. The van der Waals surface area contributed by atoms with Gasteiger partial charge in [0.1, 0.15) is 0 Å². The monoisotopic (exact) mass is 636 g/mol. The first-order chi connectivity index (χ1) is 22.5. The molecule has 2 aromatic rings. The van der Waals surface area contributed by atoms with Gasteiger partial charge >= 0.3 is 0 Å². The van der Waals surface area contributed by atoms with Crippen molar-refractivity contribution in [1.82, 2.24) is 20.6 Å². The lowest BCUT2D eigenvalue weighted by Gasteiger charge is -2.39. The summed E-state index contributed by atoms with van der Waals surface area (Å²) in [5.41, 5.74) is 5.60. The molecule has 2 aromatic carbocycles. The number of nitrogens with zero attached hydrogens (tertiary/aromatic N) is 2. The second-order valence-corrected chi connectivity index (χ2v) is 13.1. The zero-order valence-corrected chi connectivity index (χ0v) is 27.1. The molecular formula is C36H52N4O6. The van der Waals surface area contributed by atoms with E-state index in [0.29, 0.717) is 31.8 Å². The van der Waals surface area contributed by atoms with Crippen molar-refractivity contribution < 1.29 is 29.4 Å². The van der Waals surface area contributed by atoms with Gasteiger partial charge in [0.15, 0.2) is 6.29 Å². The molecule has 0 aliphatic carbocycles. The maximum Gasteiger partial charge on any atom is 0.243 e. The number of carbonyl (C=O) groups is 2. The van der Waals surface area contributed by atoms with Crippen molar-refractivity contribution in [1.29, 1.82) is 0 Å². The molecule has 0 saturated carbocycles. The van der Waals surface area contributed by atoms with Crippen molar-refractivity contribution in [3.8, 4) is 0 Å². The molecule has 3 fully saturated rings. The number of ether oxygens (including phenoxy) is 2. The SMILES string of the molecule is O=C(CCCCCCC(=O)NCc1ccc([C@@H]2O[C@H](CN3CCC[C@H]3CN3CCCC3)C[C@H](c3ccc(CO)cc3)O2)cc1)NO. The number of nitrogens with one attached hydrogen (secondary N) is 2. The van der Waals surface area contributed by atoms with Gasteiger partial charge in [-0.2, -0.15) is 0 Å². The summed E-state index contributed by atoms with van der Waals surface area (Å²) >= 11 is 0. The highest BCUT2D eigenvalue weighted by Gasteiger charge is 2.36. The molecule has 0 bridgehead atoms. The molecule has 0 unspecified atom stereocenters. The smallest absolute Gasteiger partial charge is 0.243 e. The molecule has 10 heteroatoms. The van der Waals surface area contributed by atoms with Crippen molar-refractivity contribution in [3.63, 3.8) is 0 Å². The molecule has 46 heavy (non-hydrogen) atoms. The maximum atomic E-state index is 12.4. The molecule has 0 radical (unpaired) electrons. The highest BCUT2D eigenvalue weighted by molar-refractivity contribution is 5.75. The van der Waals surface area contributed by atoms with E-state index >= 15 is 0 Å². The second-order valence-electron chi connectivity index (χ2n) is 13.1. The van der Waals surface area contributed by atoms with E-state index in [2.05, 4.69) is 27.2 Å². The summed E-state index contributed by atoms with van der Waals surface area (Å²) in [6.45, 7) is 6.09. The van der Waals surface area contributed by atoms with E-state index in [1.807, 2.05) is 36.4 Å². The normalized spacial score (nSPS) is 23.9. The van der Waals surface area contributed by atoms with Crippen molar-refractivity contribution in [3.05, 3.63) is 70.8 Å². The van der Waals surface area contributed by atoms with Crippen LogP contribution in [0.2, 0.25) is 0 Å². The lowest BCUT2D eigenvalue weighted by atomic mass is 9.99. The summed E-state index contributed by atoms with van der Waals surface area (Å²) in [7, 11) is 0. The number of aliphatic hydroxyl groups excluding tert-OH is 1. The van der Waals surface area contributed by atoms with Crippen LogP contribution in [0.4, 0.5) is 0 Å². The first kappa shape index (κ1) is 34.5. The van der Waals surface area contributed by atoms with Crippen LogP contribution < -0.4 is 10.8 Å². The van der Waals surface area contributed by atoms with E-state index in [4.69, 9.17) is 14.7 Å². The predicted octanol–water partition coefficient (Wildman–Crippen LogP) is 4.75. The van der Waals surface area contributed by atoms with E-state index in [9.17, 15) is 14.7 Å². The maximum absolute atomic E-state index is 12.4. The third kappa shape index (κ3) is 10.3. The Kier molecular flexibility index (Phi) is 13.4. The van der Waals surface area contributed by atoms with Crippen molar-refractivity contribution >= 4 is 11.8 Å². The van der Waals surface area contributed by atoms with Gasteiger partial charge in [0.2, 0.25) is 11.8 Å². The van der Waals surface area contributed by atoms with Gasteiger partial charge < -0.3 is 24.8 Å². The second kappa shape index (κ2) is 17.9. The average Bonchev–Trinajstić information content (AvgIpc) is 3.77. The molecule has 3 saturated heterocycles. The van der Waals surface area contributed by atoms with Crippen LogP contribution in [0, 0.1) is 0 Å². The van der Waals surface area contributed by atoms with Gasteiger partial charge in [0, 0.05) is 50.5 Å². The molecule has 0 spiro atoms. The first-order valence-electron chi connectivity index (χ1n) is 17.3. The molecule has 3 aliphatic rings. The number of benzene rings is 2. The van der Waals surface area contributed by atoms with Crippen LogP contribution in [-0.2, 0) is 32.2 Å². The Morgan fingerprint density at radius 2 is 1.46 bits per heavy atom. The molecule has 0 aromatic heterocycles. The van der Waals surface area contributed by atoms with Crippen molar-refractivity contribution in [2.24, 2.45) is 0 Å². The van der Waals surface area contributed by atoms with Gasteiger partial charge in [0.25, 0.3) is 0 Å². The summed E-state index contributed by atoms with van der Waals surface area (Å²) in [5, 5.41) is 21.1. The number of hydrogen-bond donors (Lipinski definition) is 4. The third-order valence-electron chi connectivity index (χ3n) is 9.64. The lowest BCUT2D eigenvalue weighted by Crippen LogP contribution is -2.45. The predicted molar refractivity (Wildman–Crippen MR) is 175 cm³/mol. The van der Waals surface area contributed by atoms with Crippen LogP contribution in [0.1, 0.15) is 105 Å². The van der Waals surface area contributed by atoms with Gasteiger partial charge in [-0.05, 0) is 74.8 Å². The van der Waals surface area contributed by atoms with Crippen LogP contribution in [0.15, 0.2) is 48.5 Å². The molecule has 10 nitrogen and oxygen atoms in total. The van der Waals surface area contributed by atoms with Crippen LogP contribution >= 0.6 is 0 Å². The van der Waals surface area contributed by atoms with Crippen molar-refractivity contribution in [2.45, 2.75) is 108 Å². The molecule has 252 valence electrons. The number of likely N-dealkylation sites (tertiary alicyclic amines) is 2. The standard InChI is InChI=1S/C36H52N4O6/c41-26-28-13-15-29(16-14-28)33-22-32(25-40-21-7-8-31(40)24-39-19-5-6-20-39)45-36(46-33)30-17-11-27(12-18-30)23-37-34(42)9-3-1-2-4-10-35(43)38-44/h11-18,31-33,36,41,44H,1-10,19-26H2,(H,37,42)(H,38,43)/t31-,32-,33+,36+/m0/s1. The van der Waals surface area contributed by atoms with Crippen LogP contribution in [0.25, 0.3) is 0 Å². The molecular weight excluding hydrogens is 584 g/mol. The van der Waals surface area contributed by atoms with Crippen molar-refractivity contribution in [2.75, 3.05) is 32.7 Å². The average molecular weight is 637 g/mol. The number of rotatable bonds is 16. The molecule has 5 rings (SSSR count). The fourth-order valence-electron chi connectivity index (χ4n) is 6.96. The zero-order valence-electron chi connectivity index (χ0n) is 27.1. The summed E-state index contributed by atoms with van der Waals surface area (Å²) in [5.74, 6) is -0.360. The lowest BCUT2D eigenvalue weighted by molar-refractivity contribution is -0.253. The minimum Gasteiger partial charge on any atom is -0.392 e. The fraction of sp³-hybridized carbons (Fsp3) is 0.611. The highest BCUT2D eigenvalue weighted by Crippen LogP contribution is 2.39. The van der Waals surface area contributed by atoms with Crippen LogP contribution in [-0.4, -0.2) is 76.8 Å². The number of carbonyl (C=O) groups excluding carboxylic acids is 2. The Bertz CT molecular complexity index is 1220. The Morgan fingerprint density at radius 1 is 0.783 bits per heavy atom. The van der Waals surface area contributed by atoms with E-state index < -0.39 is 6.29 Å². The Hall–Kier alpha value is -2.86. The summed E-state index contributed by atoms with van der Waals surface area (Å²) in [6.07, 6.45) is 9.26. The van der Waals surface area contributed by atoms with Gasteiger partial charge in [-0.3, -0.25) is 19.7 Å². The van der Waals surface area contributed by atoms with Gasteiger partial charge in [0.05, 0.1) is 18.8 Å². The molecule has 4 N–H and O–H groups in total. The Morgan fingerprint density at radius 3 is 2.15 bits per heavy atom. The van der Waals surface area contributed by atoms with E-state index in [1.54, 1.807) is 5.48 Å². The topological polar surface area (TPSA) is 124 Å². The highest BCUT2D eigenvalue weighted by atomic mass is 16.7. The quantitative estimate of drug-likeness (QED) is 0.118. The Balaban J connectivity index is 1.15. The summed E-state index contributed by atoms with van der Waals surface area (Å²) in [6, 6.07) is 16.8. The molecule has 3 heterocycles. The number of hydrogen-bond acceptors (Lipinski definition) is 8. The minimum absolute atomic E-state index is 0.0129. The third-order valence-corrected chi connectivity index (χ3v) is 9.64. The number of aliphatic hydroxyl groups is 1. The van der Waals surface area contributed by atoms with E-state index in [0.717, 1.165) is 67.6 Å². The van der Waals surface area contributed by atoms with E-state index in [1.165, 1.54) is 38.8 Å². The van der Waals surface area contributed by atoms with E-state index in [-0.39, 0.29) is 30.6 Å². The van der Waals surface area contributed by atoms with Crippen LogP contribution in [0.5, 0.6) is 0 Å². The van der Waals surface area contributed by atoms with Crippen LogP contribution in [0.3, 0.4) is 0 Å². The minimum atomic E-state index is -0.493. The number of amides is 2. The number of hydroxylamine groups is 1. The fourth-order valence-corrected chi connectivity index (χ4v) is 6.96. The van der Waals surface area contributed by atoms with Gasteiger partial charge in [-0.1, -0.05) is 61.4 Å². The molecule has 2 amide bonds. The first-order valence-corrected chi connectivity index (χ1v) is 17.3. The molecule has 3 aliphatic heterocycles. The Labute approximate surface area is 273 Å². The van der Waals surface area contributed by atoms with Gasteiger partial charge in [-0.25, -0.2) is 5.48 Å². The molecule has 4 atom stereocenters.